The second-order valence-corrected chi connectivity index (χ2v) is 8.17. The molecule has 0 unspecified atom stereocenters. The molecule has 0 atom stereocenters. The molecule has 6 nitrogen and oxygen atoms in total. The molecule has 0 N–H and O–H groups in total. The van der Waals surface area contributed by atoms with E-state index in [0.29, 0.717) is 17.7 Å². The molecule has 1 aliphatic heterocycles. The van der Waals surface area contributed by atoms with Crippen molar-refractivity contribution < 1.29 is 19.1 Å². The summed E-state index contributed by atoms with van der Waals surface area (Å²) in [5.74, 6) is -0.682. The molecule has 1 saturated heterocycles. The van der Waals surface area contributed by atoms with Crippen molar-refractivity contribution in [3.05, 3.63) is 46.9 Å². The van der Waals surface area contributed by atoms with Gasteiger partial charge in [-0.05, 0) is 57.4 Å². The van der Waals surface area contributed by atoms with Crippen LogP contribution in [0.15, 0.2) is 30.6 Å². The second kappa shape index (κ2) is 7.26. The third kappa shape index (κ3) is 3.80. The van der Waals surface area contributed by atoms with E-state index in [9.17, 15) is 9.59 Å². The fourth-order valence-corrected chi connectivity index (χ4v) is 3.69. The van der Waals surface area contributed by atoms with Gasteiger partial charge in [-0.2, -0.15) is 0 Å². The van der Waals surface area contributed by atoms with Crippen molar-refractivity contribution in [2.45, 2.75) is 58.2 Å². The van der Waals surface area contributed by atoms with E-state index < -0.39 is 17.1 Å². The van der Waals surface area contributed by atoms with Crippen LogP contribution < -0.4 is 4.74 Å². The van der Waals surface area contributed by atoms with Gasteiger partial charge in [0, 0.05) is 6.07 Å². The topological polar surface area (TPSA) is 78.4 Å². The number of aryl methyl sites for hydroxylation is 1. The van der Waals surface area contributed by atoms with Gasteiger partial charge in [-0.1, -0.05) is 24.6 Å². The van der Waals surface area contributed by atoms with Gasteiger partial charge < -0.3 is 9.47 Å². The summed E-state index contributed by atoms with van der Waals surface area (Å²) in [4.78, 5) is 34.1. The molecule has 1 fully saturated rings. The average Bonchev–Trinajstić information content (AvgIpc) is 2.60. The highest BCUT2D eigenvalue weighted by Crippen LogP contribution is 2.40. The molecule has 2 aromatic rings. The van der Waals surface area contributed by atoms with E-state index in [1.807, 2.05) is 13.0 Å². The van der Waals surface area contributed by atoms with E-state index in [0.717, 1.165) is 5.56 Å². The van der Waals surface area contributed by atoms with Crippen LogP contribution in [0.2, 0.25) is 5.15 Å². The van der Waals surface area contributed by atoms with E-state index in [1.54, 1.807) is 39.8 Å². The number of carbonyl (C=O) groups excluding carboxylic acids is 2. The van der Waals surface area contributed by atoms with Crippen LogP contribution in [0.1, 0.15) is 51.7 Å². The molecule has 0 radical (unpaired) electrons. The summed E-state index contributed by atoms with van der Waals surface area (Å²) >= 11 is 5.88. The summed E-state index contributed by atoms with van der Waals surface area (Å²) in [6, 6.07) is 6.87. The summed E-state index contributed by atoms with van der Waals surface area (Å²) in [5.41, 5.74) is -0.582. The Hall–Kier alpha value is -2.31. The lowest BCUT2D eigenvalue weighted by Gasteiger charge is -2.43. The largest absolute Gasteiger partial charge is 0.439 e. The fourth-order valence-electron chi connectivity index (χ4n) is 3.56. The normalized spacial score (nSPS) is 18.9. The van der Waals surface area contributed by atoms with Crippen molar-refractivity contribution in [3.8, 4) is 11.6 Å². The Morgan fingerprint density at radius 1 is 1.07 bits per heavy atom. The third-order valence-corrected chi connectivity index (χ3v) is 5.07. The zero-order valence-electron chi connectivity index (χ0n) is 16.6. The molecule has 0 saturated carbocycles. The van der Waals surface area contributed by atoms with Gasteiger partial charge in [-0.25, -0.2) is 9.97 Å². The summed E-state index contributed by atoms with van der Waals surface area (Å²) in [6.45, 7) is 8.78. The first kappa shape index (κ1) is 20.4. The SMILES string of the molecule is CCc1ccc(Oc2cc(Cl)ncn2)cc1C1C(=O)C(C)(C)OC(C)(C)C1=O. The van der Waals surface area contributed by atoms with Crippen LogP contribution in [0.25, 0.3) is 0 Å². The van der Waals surface area contributed by atoms with Crippen LogP contribution in [0.3, 0.4) is 0 Å². The molecular weight excluding hydrogens is 380 g/mol. The number of ether oxygens (including phenoxy) is 2. The van der Waals surface area contributed by atoms with E-state index in [2.05, 4.69) is 9.97 Å². The van der Waals surface area contributed by atoms with Crippen molar-refractivity contribution in [3.63, 3.8) is 0 Å². The van der Waals surface area contributed by atoms with E-state index in [1.165, 1.54) is 12.4 Å². The first-order chi connectivity index (χ1) is 13.0. The van der Waals surface area contributed by atoms with Gasteiger partial charge in [-0.15, -0.1) is 0 Å². The first-order valence-corrected chi connectivity index (χ1v) is 9.50. The first-order valence-electron chi connectivity index (χ1n) is 9.12. The van der Waals surface area contributed by atoms with Crippen LogP contribution in [0, 0.1) is 0 Å². The molecule has 3 rings (SSSR count). The van der Waals surface area contributed by atoms with Crippen LogP contribution in [0.5, 0.6) is 11.6 Å². The van der Waals surface area contributed by atoms with Crippen LogP contribution in [-0.2, 0) is 20.7 Å². The van der Waals surface area contributed by atoms with Gasteiger partial charge in [0.1, 0.15) is 34.3 Å². The van der Waals surface area contributed by atoms with E-state index >= 15 is 0 Å². The number of benzene rings is 1. The predicted octanol–water partition coefficient (Wildman–Crippen LogP) is 4.29. The molecule has 0 amide bonds. The molecule has 0 aliphatic carbocycles. The third-order valence-electron chi connectivity index (χ3n) is 4.86. The molecule has 2 heterocycles. The lowest BCUT2D eigenvalue weighted by molar-refractivity contribution is -0.184. The summed E-state index contributed by atoms with van der Waals surface area (Å²) in [7, 11) is 0. The lowest BCUT2D eigenvalue weighted by atomic mass is 9.73. The quantitative estimate of drug-likeness (QED) is 0.560. The smallest absolute Gasteiger partial charge is 0.223 e. The van der Waals surface area contributed by atoms with Crippen molar-refractivity contribution >= 4 is 23.2 Å². The van der Waals surface area contributed by atoms with Gasteiger partial charge in [0.15, 0.2) is 11.6 Å². The number of nitrogens with zero attached hydrogens (tertiary/aromatic N) is 2. The predicted molar refractivity (Wildman–Crippen MR) is 105 cm³/mol. The number of Topliss-reactive ketones (excluding diaryl/α,β-unsaturated/α-hetero) is 2. The second-order valence-electron chi connectivity index (χ2n) is 7.78. The average molecular weight is 403 g/mol. The highest BCUT2D eigenvalue weighted by molar-refractivity contribution is 6.29. The summed E-state index contributed by atoms with van der Waals surface area (Å²) in [5, 5.41) is 0.258. The highest BCUT2D eigenvalue weighted by atomic mass is 35.5. The Bertz CT molecular complexity index is 914. The standard InChI is InChI=1S/C21H23ClN2O4/c1-6-12-7-8-13(27-16-10-15(22)23-11-24-16)9-14(12)17-18(25)20(2,3)28-21(4,5)19(17)26/h7-11,17H,6H2,1-5H3. The number of halogens is 1. The van der Waals surface area contributed by atoms with Gasteiger partial charge >= 0.3 is 0 Å². The van der Waals surface area contributed by atoms with Crippen LogP contribution >= 0.6 is 11.6 Å². The molecule has 148 valence electrons. The van der Waals surface area contributed by atoms with Gasteiger partial charge in [0.05, 0.1) is 0 Å². The number of hydrogen-bond donors (Lipinski definition) is 0. The fraction of sp³-hybridized carbons (Fsp3) is 0.429. The van der Waals surface area contributed by atoms with E-state index in [-0.39, 0.29) is 22.6 Å². The molecule has 1 aromatic carbocycles. The number of carbonyl (C=O) groups is 2. The Labute approximate surface area is 169 Å². The summed E-state index contributed by atoms with van der Waals surface area (Å²) < 4.78 is 11.6. The highest BCUT2D eigenvalue weighted by Gasteiger charge is 2.53. The van der Waals surface area contributed by atoms with Crippen LogP contribution in [-0.4, -0.2) is 32.7 Å². The van der Waals surface area contributed by atoms with E-state index in [4.69, 9.17) is 21.1 Å². The van der Waals surface area contributed by atoms with Gasteiger partial charge in [0.2, 0.25) is 5.88 Å². The Morgan fingerprint density at radius 3 is 2.29 bits per heavy atom. The van der Waals surface area contributed by atoms with Crippen LogP contribution in [0.4, 0.5) is 0 Å². The minimum Gasteiger partial charge on any atom is -0.439 e. The molecule has 0 bridgehead atoms. The molecule has 7 heteroatoms. The summed E-state index contributed by atoms with van der Waals surface area (Å²) in [6.07, 6.45) is 1.98. The molecule has 1 aromatic heterocycles. The Morgan fingerprint density at radius 2 is 1.71 bits per heavy atom. The van der Waals surface area contributed by atoms with Gasteiger partial charge in [0.25, 0.3) is 0 Å². The molecule has 0 spiro atoms. The maximum absolute atomic E-state index is 13.1. The van der Waals surface area contributed by atoms with Crippen molar-refractivity contribution in [2.75, 3.05) is 0 Å². The maximum atomic E-state index is 13.1. The zero-order chi connectivity index (χ0) is 20.7. The number of aromatic nitrogens is 2. The number of ketones is 2. The monoisotopic (exact) mass is 402 g/mol. The lowest BCUT2D eigenvalue weighted by Crippen LogP contribution is -2.58. The molecule has 1 aliphatic rings. The molecular formula is C21H23ClN2O4. The maximum Gasteiger partial charge on any atom is 0.223 e. The Kier molecular flexibility index (Phi) is 5.30. The molecule has 28 heavy (non-hydrogen) atoms. The minimum atomic E-state index is -1.07. The van der Waals surface area contributed by atoms with Crippen molar-refractivity contribution in [2.24, 2.45) is 0 Å². The van der Waals surface area contributed by atoms with Gasteiger partial charge in [-0.3, -0.25) is 9.59 Å². The van der Waals surface area contributed by atoms with Crippen molar-refractivity contribution in [1.29, 1.82) is 0 Å². The minimum absolute atomic E-state index is 0.256. The Balaban J connectivity index is 2.06. The van der Waals surface area contributed by atoms with Crippen molar-refractivity contribution in [1.82, 2.24) is 9.97 Å². The number of rotatable bonds is 4. The zero-order valence-corrected chi connectivity index (χ0v) is 17.3. The number of hydrogen-bond acceptors (Lipinski definition) is 6.